The summed E-state index contributed by atoms with van der Waals surface area (Å²) >= 11 is 6.00. The lowest BCUT2D eigenvalue weighted by atomic mass is 10.1. The van der Waals surface area contributed by atoms with Crippen molar-refractivity contribution in [2.24, 2.45) is 0 Å². The van der Waals surface area contributed by atoms with E-state index in [1.54, 1.807) is 18.2 Å². The molecule has 1 heterocycles. The minimum absolute atomic E-state index is 0.191. The molecule has 0 fully saturated rings. The number of amides is 1. The summed E-state index contributed by atoms with van der Waals surface area (Å²) < 4.78 is 11.3. The van der Waals surface area contributed by atoms with Crippen molar-refractivity contribution in [1.82, 2.24) is 0 Å². The van der Waals surface area contributed by atoms with Gasteiger partial charge in [-0.05, 0) is 49.2 Å². The van der Waals surface area contributed by atoms with Crippen LogP contribution in [0.1, 0.15) is 27.9 Å². The molecule has 0 radical (unpaired) electrons. The van der Waals surface area contributed by atoms with Gasteiger partial charge in [0.15, 0.2) is 11.5 Å². The molecule has 5 heteroatoms. The standard InChI is InChI=1S/C18H18ClNO3/c1-11-4-5-13(19)9-15(11)20-18(21)14-10-17-16(8-12(14)2)22-6-3-7-23-17/h4-5,8-10H,3,6-7H2,1-2H3,(H,20,21). The summed E-state index contributed by atoms with van der Waals surface area (Å²) in [7, 11) is 0. The quantitative estimate of drug-likeness (QED) is 0.888. The van der Waals surface area contributed by atoms with Crippen LogP contribution in [0.5, 0.6) is 11.5 Å². The summed E-state index contributed by atoms with van der Waals surface area (Å²) in [4.78, 5) is 12.6. The van der Waals surface area contributed by atoms with Crippen LogP contribution in [-0.2, 0) is 0 Å². The van der Waals surface area contributed by atoms with Gasteiger partial charge in [-0.2, -0.15) is 0 Å². The lowest BCUT2D eigenvalue weighted by Crippen LogP contribution is -2.14. The number of ether oxygens (including phenoxy) is 2. The molecule has 0 bridgehead atoms. The summed E-state index contributed by atoms with van der Waals surface area (Å²) in [6, 6.07) is 9.00. The molecule has 0 atom stereocenters. The molecule has 1 aliphatic rings. The fourth-order valence-corrected chi connectivity index (χ4v) is 2.65. The van der Waals surface area contributed by atoms with Crippen molar-refractivity contribution < 1.29 is 14.3 Å². The topological polar surface area (TPSA) is 47.6 Å². The number of benzene rings is 2. The zero-order valence-electron chi connectivity index (χ0n) is 13.1. The number of anilines is 1. The number of nitrogens with one attached hydrogen (secondary N) is 1. The van der Waals surface area contributed by atoms with Crippen molar-refractivity contribution in [3.8, 4) is 11.5 Å². The number of aryl methyl sites for hydroxylation is 2. The van der Waals surface area contributed by atoms with Gasteiger partial charge in [-0.1, -0.05) is 17.7 Å². The van der Waals surface area contributed by atoms with Crippen molar-refractivity contribution in [1.29, 1.82) is 0 Å². The predicted octanol–water partition coefficient (Wildman–Crippen LogP) is 4.37. The molecule has 0 spiro atoms. The Bertz CT molecular complexity index is 758. The van der Waals surface area contributed by atoms with Gasteiger partial charge in [0.1, 0.15) is 0 Å². The Hall–Kier alpha value is -2.20. The lowest BCUT2D eigenvalue weighted by molar-refractivity contribution is 0.102. The Labute approximate surface area is 140 Å². The van der Waals surface area contributed by atoms with E-state index in [4.69, 9.17) is 21.1 Å². The van der Waals surface area contributed by atoms with E-state index in [0.717, 1.165) is 17.5 Å². The number of halogens is 1. The highest BCUT2D eigenvalue weighted by Gasteiger charge is 2.17. The Kier molecular flexibility index (Phi) is 4.44. The van der Waals surface area contributed by atoms with Crippen LogP contribution in [0.2, 0.25) is 5.02 Å². The van der Waals surface area contributed by atoms with Crippen LogP contribution >= 0.6 is 11.6 Å². The van der Waals surface area contributed by atoms with Crippen LogP contribution in [0.15, 0.2) is 30.3 Å². The van der Waals surface area contributed by atoms with Gasteiger partial charge in [0, 0.05) is 22.7 Å². The van der Waals surface area contributed by atoms with Gasteiger partial charge in [-0.25, -0.2) is 0 Å². The second kappa shape index (κ2) is 6.50. The van der Waals surface area contributed by atoms with E-state index in [9.17, 15) is 4.79 Å². The molecule has 0 aliphatic carbocycles. The minimum atomic E-state index is -0.191. The van der Waals surface area contributed by atoms with E-state index in [1.807, 2.05) is 26.0 Å². The van der Waals surface area contributed by atoms with Crippen molar-refractivity contribution in [3.63, 3.8) is 0 Å². The number of hydrogen-bond acceptors (Lipinski definition) is 3. The number of carbonyl (C=O) groups is 1. The van der Waals surface area contributed by atoms with Crippen LogP contribution in [0.3, 0.4) is 0 Å². The minimum Gasteiger partial charge on any atom is -0.490 e. The smallest absolute Gasteiger partial charge is 0.256 e. The van der Waals surface area contributed by atoms with Crippen LogP contribution in [0.4, 0.5) is 5.69 Å². The van der Waals surface area contributed by atoms with Gasteiger partial charge in [-0.15, -0.1) is 0 Å². The third-order valence-electron chi connectivity index (χ3n) is 3.79. The lowest BCUT2D eigenvalue weighted by Gasteiger charge is -2.14. The summed E-state index contributed by atoms with van der Waals surface area (Å²) in [5.74, 6) is 1.11. The van der Waals surface area contributed by atoms with Gasteiger partial charge in [0.2, 0.25) is 0 Å². The van der Waals surface area contributed by atoms with Gasteiger partial charge < -0.3 is 14.8 Å². The molecular formula is C18H18ClNO3. The van der Waals surface area contributed by atoms with E-state index < -0.39 is 0 Å². The molecule has 2 aromatic carbocycles. The fraction of sp³-hybridized carbons (Fsp3) is 0.278. The maximum atomic E-state index is 12.6. The molecule has 0 unspecified atom stereocenters. The summed E-state index contributed by atoms with van der Waals surface area (Å²) in [6.07, 6.45) is 0.830. The zero-order chi connectivity index (χ0) is 16.4. The largest absolute Gasteiger partial charge is 0.490 e. The predicted molar refractivity (Wildman–Crippen MR) is 90.9 cm³/mol. The second-order valence-electron chi connectivity index (χ2n) is 5.58. The first-order chi connectivity index (χ1) is 11.0. The third-order valence-corrected chi connectivity index (χ3v) is 4.02. The van der Waals surface area contributed by atoms with Crippen LogP contribution < -0.4 is 14.8 Å². The maximum Gasteiger partial charge on any atom is 0.256 e. The Morgan fingerprint density at radius 2 is 1.74 bits per heavy atom. The molecular weight excluding hydrogens is 314 g/mol. The van der Waals surface area contributed by atoms with Gasteiger partial charge in [0.05, 0.1) is 13.2 Å². The molecule has 0 saturated heterocycles. The van der Waals surface area contributed by atoms with Crippen molar-refractivity contribution >= 4 is 23.2 Å². The normalized spacial score (nSPS) is 13.3. The number of fused-ring (bicyclic) bond motifs is 1. The highest BCUT2D eigenvalue weighted by atomic mass is 35.5. The van der Waals surface area contributed by atoms with Crippen LogP contribution in [0.25, 0.3) is 0 Å². The monoisotopic (exact) mass is 331 g/mol. The Morgan fingerprint density at radius 3 is 2.48 bits per heavy atom. The second-order valence-corrected chi connectivity index (χ2v) is 6.01. The maximum absolute atomic E-state index is 12.6. The van der Waals surface area contributed by atoms with Crippen molar-refractivity contribution in [2.45, 2.75) is 20.3 Å². The van der Waals surface area contributed by atoms with Gasteiger partial charge >= 0.3 is 0 Å². The molecule has 23 heavy (non-hydrogen) atoms. The first kappa shape index (κ1) is 15.7. The molecule has 2 aromatic rings. The summed E-state index contributed by atoms with van der Waals surface area (Å²) in [5, 5.41) is 3.50. The summed E-state index contributed by atoms with van der Waals surface area (Å²) in [6.45, 7) is 5.02. The van der Waals surface area contributed by atoms with E-state index >= 15 is 0 Å². The Morgan fingerprint density at radius 1 is 1.04 bits per heavy atom. The SMILES string of the molecule is Cc1ccc(Cl)cc1NC(=O)c1cc2c(cc1C)OCCCO2. The Balaban J connectivity index is 1.90. The van der Waals surface area contributed by atoms with E-state index in [-0.39, 0.29) is 5.91 Å². The van der Waals surface area contributed by atoms with E-state index in [1.165, 1.54) is 0 Å². The summed E-state index contributed by atoms with van der Waals surface area (Å²) in [5.41, 5.74) is 3.06. The van der Waals surface area contributed by atoms with E-state index in [0.29, 0.717) is 41.0 Å². The number of carbonyl (C=O) groups excluding carboxylic acids is 1. The van der Waals surface area contributed by atoms with Gasteiger partial charge in [-0.3, -0.25) is 4.79 Å². The highest BCUT2D eigenvalue weighted by molar-refractivity contribution is 6.31. The molecule has 1 N–H and O–H groups in total. The molecule has 3 rings (SSSR count). The number of hydrogen-bond donors (Lipinski definition) is 1. The average Bonchev–Trinajstić information content (AvgIpc) is 2.74. The highest BCUT2D eigenvalue weighted by Crippen LogP contribution is 2.33. The fourth-order valence-electron chi connectivity index (χ4n) is 2.47. The van der Waals surface area contributed by atoms with E-state index in [2.05, 4.69) is 5.32 Å². The van der Waals surface area contributed by atoms with Crippen LogP contribution in [0, 0.1) is 13.8 Å². The molecule has 120 valence electrons. The molecule has 4 nitrogen and oxygen atoms in total. The molecule has 1 aliphatic heterocycles. The zero-order valence-corrected chi connectivity index (χ0v) is 13.9. The first-order valence-electron chi connectivity index (χ1n) is 7.52. The third kappa shape index (κ3) is 3.42. The molecule has 0 saturated carbocycles. The molecule has 1 amide bonds. The number of rotatable bonds is 2. The average molecular weight is 332 g/mol. The first-order valence-corrected chi connectivity index (χ1v) is 7.90. The van der Waals surface area contributed by atoms with Gasteiger partial charge in [0.25, 0.3) is 5.91 Å². The van der Waals surface area contributed by atoms with Crippen LogP contribution in [-0.4, -0.2) is 19.1 Å². The molecule has 0 aromatic heterocycles. The van der Waals surface area contributed by atoms with Crippen molar-refractivity contribution in [2.75, 3.05) is 18.5 Å². The van der Waals surface area contributed by atoms with Crippen molar-refractivity contribution in [3.05, 3.63) is 52.0 Å².